The summed E-state index contributed by atoms with van der Waals surface area (Å²) in [4.78, 5) is 29.3. The fourth-order valence-corrected chi connectivity index (χ4v) is 3.87. The maximum absolute atomic E-state index is 12.4. The van der Waals surface area contributed by atoms with Crippen molar-refractivity contribution in [1.82, 2.24) is 29.4 Å². The molecular weight excluding hydrogens is 434 g/mol. The smallest absolute Gasteiger partial charge is 0.411 e. The van der Waals surface area contributed by atoms with Crippen LogP contribution in [0.15, 0.2) is 53.7 Å². The van der Waals surface area contributed by atoms with E-state index in [1.54, 1.807) is 27.8 Å². The Kier molecular flexibility index (Phi) is 7.71. The summed E-state index contributed by atoms with van der Waals surface area (Å²) in [5, 5.41) is 11.4. The molecule has 1 N–H and O–H groups in total. The predicted octanol–water partition coefficient (Wildman–Crippen LogP) is 1.74. The lowest BCUT2D eigenvalue weighted by Gasteiger charge is -2.32. The van der Waals surface area contributed by atoms with Gasteiger partial charge in [-0.1, -0.05) is 12.1 Å². The zero-order valence-corrected chi connectivity index (χ0v) is 19.7. The van der Waals surface area contributed by atoms with Crippen molar-refractivity contribution in [3.63, 3.8) is 0 Å². The van der Waals surface area contributed by atoms with E-state index in [0.29, 0.717) is 24.4 Å². The summed E-state index contributed by atoms with van der Waals surface area (Å²) < 4.78 is 8.65. The number of ether oxygens (including phenoxy) is 1. The van der Waals surface area contributed by atoms with Gasteiger partial charge in [-0.2, -0.15) is 10.2 Å². The van der Waals surface area contributed by atoms with E-state index in [0.717, 1.165) is 50.4 Å². The van der Waals surface area contributed by atoms with Gasteiger partial charge >= 0.3 is 6.09 Å². The molecule has 1 fully saturated rings. The van der Waals surface area contributed by atoms with Crippen molar-refractivity contribution in [2.75, 3.05) is 51.7 Å². The zero-order valence-electron chi connectivity index (χ0n) is 19.7. The highest BCUT2D eigenvalue weighted by molar-refractivity contribution is 5.84. The molecule has 0 atom stereocenters. The second-order valence-electron chi connectivity index (χ2n) is 8.58. The first-order valence-electron chi connectivity index (χ1n) is 11.5. The molecule has 1 saturated heterocycles. The van der Waals surface area contributed by atoms with Crippen molar-refractivity contribution >= 4 is 11.8 Å². The van der Waals surface area contributed by atoms with Crippen LogP contribution < -0.4 is 10.7 Å². The van der Waals surface area contributed by atoms with Gasteiger partial charge in [-0.05, 0) is 31.2 Å². The number of amides is 1. The normalized spacial score (nSPS) is 14.8. The number of carbonyl (C=O) groups excluding carboxylic acids is 1. The minimum Gasteiger partial charge on any atom is -0.449 e. The number of aromatic nitrogens is 4. The average Bonchev–Trinajstić information content (AvgIpc) is 3.26. The fourth-order valence-electron chi connectivity index (χ4n) is 3.87. The summed E-state index contributed by atoms with van der Waals surface area (Å²) in [7, 11) is 3.96. The number of aryl methyl sites for hydroxylation is 1. The third-order valence-electron chi connectivity index (χ3n) is 5.83. The molecule has 0 radical (unpaired) electrons. The summed E-state index contributed by atoms with van der Waals surface area (Å²) in [6, 6.07) is 8.85. The summed E-state index contributed by atoms with van der Waals surface area (Å²) in [6.07, 6.45) is 5.80. The molecule has 34 heavy (non-hydrogen) atoms. The van der Waals surface area contributed by atoms with E-state index in [-0.39, 0.29) is 5.43 Å². The number of hydrogen-bond acceptors (Lipinski definition) is 7. The van der Waals surface area contributed by atoms with E-state index < -0.39 is 6.09 Å². The number of likely N-dealkylation sites (N-methyl/N-ethyl adjacent to an activating group) is 1. The van der Waals surface area contributed by atoms with Gasteiger partial charge in [0.05, 0.1) is 19.0 Å². The maximum atomic E-state index is 12.4. The quantitative estimate of drug-likeness (QED) is 0.506. The Labute approximate surface area is 198 Å². The molecule has 10 nitrogen and oxygen atoms in total. The van der Waals surface area contributed by atoms with Crippen molar-refractivity contribution in [3.8, 4) is 5.69 Å². The number of nitrogens with one attached hydrogen (secondary N) is 1. The molecule has 0 saturated carbocycles. The Balaban J connectivity index is 1.29. The third-order valence-corrected chi connectivity index (χ3v) is 5.83. The van der Waals surface area contributed by atoms with E-state index in [2.05, 4.69) is 32.4 Å². The van der Waals surface area contributed by atoms with Gasteiger partial charge in [0.1, 0.15) is 11.4 Å². The second-order valence-corrected chi connectivity index (χ2v) is 8.58. The summed E-state index contributed by atoms with van der Waals surface area (Å²) in [5.74, 6) is 0. The molecule has 2 aromatic heterocycles. The topological polar surface area (TPSA) is 97.5 Å². The molecular formula is C24H31N7O3. The van der Waals surface area contributed by atoms with Gasteiger partial charge in [0, 0.05) is 64.1 Å². The maximum Gasteiger partial charge on any atom is 0.411 e. The zero-order chi connectivity index (χ0) is 23.9. The Hall–Kier alpha value is -3.50. The van der Waals surface area contributed by atoms with E-state index in [1.165, 1.54) is 6.07 Å². The summed E-state index contributed by atoms with van der Waals surface area (Å²) >= 11 is 0. The lowest BCUT2D eigenvalue weighted by atomic mass is 10.1. The van der Waals surface area contributed by atoms with E-state index in [4.69, 9.17) is 4.74 Å². The molecule has 3 heterocycles. The van der Waals surface area contributed by atoms with E-state index >= 15 is 0 Å². The summed E-state index contributed by atoms with van der Waals surface area (Å²) in [5.41, 5.74) is 2.52. The van der Waals surface area contributed by atoms with Crippen LogP contribution in [0.5, 0.6) is 0 Å². The van der Waals surface area contributed by atoms with Crippen molar-refractivity contribution in [2.24, 2.45) is 7.05 Å². The predicted molar refractivity (Wildman–Crippen MR) is 129 cm³/mol. The number of rotatable bonds is 8. The van der Waals surface area contributed by atoms with Crippen molar-refractivity contribution in [2.45, 2.75) is 12.8 Å². The van der Waals surface area contributed by atoms with Crippen LogP contribution in [0, 0.1) is 0 Å². The molecule has 0 unspecified atom stereocenters. The standard InChI is InChI=1S/C24H31N7O3/c1-28-10-12-30(13-11-28)8-4-14-34-24(33)26-20-6-3-5-19(15-20)16-22-23(32)7-9-31(27-22)21-17-25-29(2)18-21/h3,5-7,9,15,17-18H,4,8,10-14,16H2,1-2H3,(H,26,33). The van der Waals surface area contributed by atoms with Gasteiger partial charge in [-0.25, -0.2) is 9.48 Å². The van der Waals surface area contributed by atoms with Gasteiger partial charge in [-0.15, -0.1) is 0 Å². The monoisotopic (exact) mass is 465 g/mol. The number of hydrogen-bond donors (Lipinski definition) is 1. The Morgan fingerprint density at radius 2 is 1.97 bits per heavy atom. The third kappa shape index (κ3) is 6.52. The number of carbonyl (C=O) groups is 1. The second kappa shape index (κ2) is 11.1. The lowest BCUT2D eigenvalue weighted by molar-refractivity contribution is 0.130. The average molecular weight is 466 g/mol. The fraction of sp³-hybridized carbons (Fsp3) is 0.417. The summed E-state index contributed by atoms with van der Waals surface area (Å²) in [6.45, 7) is 5.57. The number of anilines is 1. The molecule has 0 bridgehead atoms. The minimum atomic E-state index is -0.479. The molecule has 0 spiro atoms. The first kappa shape index (κ1) is 23.7. The highest BCUT2D eigenvalue weighted by Gasteiger charge is 2.13. The SMILES string of the molecule is CN1CCN(CCCOC(=O)Nc2cccc(Cc3nn(-c4cnn(C)c4)ccc3=O)c2)CC1. The van der Waals surface area contributed by atoms with Crippen LogP contribution in [0.4, 0.5) is 10.5 Å². The number of nitrogens with zero attached hydrogens (tertiary/aromatic N) is 6. The van der Waals surface area contributed by atoms with Crippen molar-refractivity contribution in [1.29, 1.82) is 0 Å². The largest absolute Gasteiger partial charge is 0.449 e. The molecule has 3 aromatic rings. The van der Waals surface area contributed by atoms with Crippen LogP contribution in [-0.2, 0) is 18.2 Å². The highest BCUT2D eigenvalue weighted by atomic mass is 16.5. The van der Waals surface area contributed by atoms with E-state index in [9.17, 15) is 9.59 Å². The molecule has 1 amide bonds. The van der Waals surface area contributed by atoms with Crippen LogP contribution in [0.2, 0.25) is 0 Å². The first-order valence-corrected chi connectivity index (χ1v) is 11.5. The molecule has 0 aliphatic carbocycles. The Morgan fingerprint density at radius 1 is 1.15 bits per heavy atom. The van der Waals surface area contributed by atoms with Crippen molar-refractivity contribution in [3.05, 3.63) is 70.4 Å². The number of piperazine rings is 1. The van der Waals surface area contributed by atoms with Crippen LogP contribution in [0.3, 0.4) is 0 Å². The number of benzene rings is 1. The lowest BCUT2D eigenvalue weighted by Crippen LogP contribution is -2.44. The van der Waals surface area contributed by atoms with Crippen LogP contribution in [0.25, 0.3) is 5.69 Å². The van der Waals surface area contributed by atoms with Crippen LogP contribution in [0.1, 0.15) is 17.7 Å². The van der Waals surface area contributed by atoms with Gasteiger partial charge < -0.3 is 14.5 Å². The van der Waals surface area contributed by atoms with E-state index in [1.807, 2.05) is 31.4 Å². The molecule has 180 valence electrons. The molecule has 1 aliphatic rings. The Bertz CT molecular complexity index is 1170. The minimum absolute atomic E-state index is 0.140. The molecule has 10 heteroatoms. The van der Waals surface area contributed by atoms with Crippen molar-refractivity contribution < 1.29 is 9.53 Å². The molecule has 1 aliphatic heterocycles. The van der Waals surface area contributed by atoms with Gasteiger partial charge in [-0.3, -0.25) is 14.8 Å². The molecule has 4 rings (SSSR count). The van der Waals surface area contributed by atoms with Crippen LogP contribution >= 0.6 is 0 Å². The van der Waals surface area contributed by atoms with Crippen LogP contribution in [-0.4, -0.2) is 81.8 Å². The van der Waals surface area contributed by atoms with Gasteiger partial charge in [0.2, 0.25) is 5.43 Å². The first-order chi connectivity index (χ1) is 16.5. The highest BCUT2D eigenvalue weighted by Crippen LogP contribution is 2.14. The molecule has 1 aromatic carbocycles. The van der Waals surface area contributed by atoms with Gasteiger partial charge in [0.15, 0.2) is 0 Å². The van der Waals surface area contributed by atoms with Gasteiger partial charge in [0.25, 0.3) is 0 Å². The Morgan fingerprint density at radius 3 is 2.74 bits per heavy atom.